The second-order valence-electron chi connectivity index (χ2n) is 8.59. The lowest BCUT2D eigenvalue weighted by atomic mass is 10.1. The number of aromatic nitrogens is 6. The van der Waals surface area contributed by atoms with Gasteiger partial charge in [-0.15, -0.1) is 0 Å². The first-order valence-corrected chi connectivity index (χ1v) is 11.7. The molecule has 0 radical (unpaired) electrons. The summed E-state index contributed by atoms with van der Waals surface area (Å²) in [5, 5.41) is 14.0. The van der Waals surface area contributed by atoms with E-state index in [0.29, 0.717) is 93.6 Å². The number of nitrogens with one attached hydrogen (secondary N) is 2. The van der Waals surface area contributed by atoms with Gasteiger partial charge in [0.15, 0.2) is 0 Å². The van der Waals surface area contributed by atoms with E-state index in [1.807, 2.05) is 9.80 Å². The minimum atomic E-state index is -0.261. The van der Waals surface area contributed by atoms with Crippen molar-refractivity contribution >= 4 is 34.5 Å². The number of carbonyl (C=O) groups is 2. The van der Waals surface area contributed by atoms with Gasteiger partial charge in [-0.3, -0.25) is 19.1 Å². The maximum Gasteiger partial charge on any atom is 0.275 e. The van der Waals surface area contributed by atoms with E-state index in [4.69, 9.17) is 4.74 Å². The summed E-state index contributed by atoms with van der Waals surface area (Å²) in [4.78, 5) is 48.9. The maximum atomic E-state index is 12.6. The quantitative estimate of drug-likeness (QED) is 0.439. The molecule has 35 heavy (non-hydrogen) atoms. The number of rotatable bonds is 7. The number of carbonyl (C=O) groups excluding carboxylic acids is 2. The normalized spacial score (nSPS) is 15.9. The molecule has 0 bridgehead atoms. The Kier molecular flexibility index (Phi) is 6.40. The molecular weight excluding hydrogens is 454 g/mol. The molecule has 3 aromatic heterocycles. The number of aromatic amines is 1. The highest BCUT2D eigenvalue weighted by Crippen LogP contribution is 2.22. The Labute approximate surface area is 200 Å². The number of hydrogen-bond donors (Lipinski definition) is 2. The van der Waals surface area contributed by atoms with E-state index in [1.165, 1.54) is 0 Å². The molecule has 2 aliphatic rings. The fourth-order valence-electron chi connectivity index (χ4n) is 4.40. The van der Waals surface area contributed by atoms with Crippen LogP contribution in [0.3, 0.4) is 0 Å². The highest BCUT2D eigenvalue weighted by Gasteiger charge is 2.24. The number of anilines is 2. The van der Waals surface area contributed by atoms with Gasteiger partial charge in [0.05, 0.1) is 49.0 Å². The van der Waals surface area contributed by atoms with E-state index in [9.17, 15) is 14.4 Å². The summed E-state index contributed by atoms with van der Waals surface area (Å²) < 4.78 is 7.36. The predicted molar refractivity (Wildman–Crippen MR) is 126 cm³/mol. The van der Waals surface area contributed by atoms with Gasteiger partial charge < -0.3 is 19.9 Å². The standard InChI is InChI=1S/C22H27N9O4/c1-14-19-16(13-24-27-21(19)34)31(28-14)9-11-35-10-4-18(33)29-5-7-30(8-6-29)22-23-12-15-2-3-17(32)25-20(15)26-22/h12-13H,2-11H2,1H3,(H,27,34)(H,23,25,26,32). The summed E-state index contributed by atoms with van der Waals surface area (Å²) in [5.41, 5.74) is 1.99. The molecule has 1 fully saturated rings. The van der Waals surface area contributed by atoms with Crippen LogP contribution in [0, 0.1) is 6.92 Å². The molecule has 0 aromatic carbocycles. The number of fused-ring (bicyclic) bond motifs is 2. The molecule has 13 nitrogen and oxygen atoms in total. The van der Waals surface area contributed by atoms with Gasteiger partial charge >= 0.3 is 0 Å². The van der Waals surface area contributed by atoms with Crippen LogP contribution in [0.15, 0.2) is 17.2 Å². The number of ether oxygens (including phenoxy) is 1. The van der Waals surface area contributed by atoms with Gasteiger partial charge in [-0.25, -0.2) is 10.1 Å². The zero-order valence-corrected chi connectivity index (χ0v) is 19.5. The van der Waals surface area contributed by atoms with E-state index < -0.39 is 0 Å². The number of nitrogens with zero attached hydrogens (tertiary/aromatic N) is 7. The van der Waals surface area contributed by atoms with Gasteiger partial charge in [-0.2, -0.15) is 15.2 Å². The second kappa shape index (κ2) is 9.78. The van der Waals surface area contributed by atoms with E-state index in [1.54, 1.807) is 24.0 Å². The van der Waals surface area contributed by atoms with Crippen molar-refractivity contribution in [3.63, 3.8) is 0 Å². The first kappa shape index (κ1) is 22.9. The fraction of sp³-hybridized carbons (Fsp3) is 0.500. The van der Waals surface area contributed by atoms with Gasteiger partial charge in [-0.1, -0.05) is 0 Å². The zero-order valence-electron chi connectivity index (χ0n) is 19.5. The number of hydrogen-bond acceptors (Lipinski definition) is 9. The maximum absolute atomic E-state index is 12.6. The molecule has 2 N–H and O–H groups in total. The minimum Gasteiger partial charge on any atom is -0.379 e. The second-order valence-corrected chi connectivity index (χ2v) is 8.59. The Bertz CT molecular complexity index is 1310. The smallest absolute Gasteiger partial charge is 0.275 e. The Morgan fingerprint density at radius 1 is 1.11 bits per heavy atom. The summed E-state index contributed by atoms with van der Waals surface area (Å²) in [7, 11) is 0. The third-order valence-corrected chi connectivity index (χ3v) is 6.30. The summed E-state index contributed by atoms with van der Waals surface area (Å²) in [6.07, 6.45) is 4.75. The van der Waals surface area contributed by atoms with Gasteiger partial charge in [0, 0.05) is 44.4 Å². The van der Waals surface area contributed by atoms with Crippen LogP contribution in [0.2, 0.25) is 0 Å². The lowest BCUT2D eigenvalue weighted by Crippen LogP contribution is -2.49. The molecule has 5 heterocycles. The SMILES string of the molecule is Cc1nn(CCOCCC(=O)N2CCN(c3ncc4c(n3)NC(=O)CC4)CC2)c2cn[nH]c(=O)c12. The van der Waals surface area contributed by atoms with Crippen LogP contribution in [-0.2, 0) is 27.3 Å². The molecule has 2 aliphatic heterocycles. The molecular formula is C22H27N9O4. The number of H-pyrrole nitrogens is 1. The summed E-state index contributed by atoms with van der Waals surface area (Å²) >= 11 is 0. The molecule has 0 spiro atoms. The van der Waals surface area contributed by atoms with Crippen molar-refractivity contribution in [1.82, 2.24) is 34.8 Å². The van der Waals surface area contributed by atoms with E-state index >= 15 is 0 Å². The molecule has 1 saturated heterocycles. The number of amides is 2. The summed E-state index contributed by atoms with van der Waals surface area (Å²) in [6, 6.07) is 0. The van der Waals surface area contributed by atoms with Gasteiger partial charge in [0.25, 0.3) is 5.56 Å². The number of piperazine rings is 1. The van der Waals surface area contributed by atoms with Crippen molar-refractivity contribution in [3.05, 3.63) is 34.0 Å². The predicted octanol–water partition coefficient (Wildman–Crippen LogP) is -0.142. The van der Waals surface area contributed by atoms with Crippen LogP contribution in [0.5, 0.6) is 0 Å². The average molecular weight is 482 g/mol. The first-order chi connectivity index (χ1) is 17.0. The van der Waals surface area contributed by atoms with E-state index in [0.717, 1.165) is 5.56 Å². The molecule has 2 amide bonds. The molecule has 13 heteroatoms. The Morgan fingerprint density at radius 3 is 2.77 bits per heavy atom. The monoisotopic (exact) mass is 481 g/mol. The molecule has 0 atom stereocenters. The Morgan fingerprint density at radius 2 is 1.94 bits per heavy atom. The molecule has 0 unspecified atom stereocenters. The Hall–Kier alpha value is -3.87. The van der Waals surface area contributed by atoms with Crippen LogP contribution in [-0.4, -0.2) is 86.1 Å². The summed E-state index contributed by atoms with van der Waals surface area (Å²) in [6.45, 7) is 5.32. The molecule has 5 rings (SSSR count). The highest BCUT2D eigenvalue weighted by atomic mass is 16.5. The minimum absolute atomic E-state index is 0.0277. The third kappa shape index (κ3) is 4.85. The van der Waals surface area contributed by atoms with Gasteiger partial charge in [-0.05, 0) is 13.3 Å². The van der Waals surface area contributed by atoms with E-state index in [2.05, 4.69) is 30.6 Å². The van der Waals surface area contributed by atoms with Gasteiger partial charge in [0.1, 0.15) is 5.82 Å². The Balaban J connectivity index is 1.06. The van der Waals surface area contributed by atoms with Crippen molar-refractivity contribution in [2.45, 2.75) is 32.7 Å². The van der Waals surface area contributed by atoms with Crippen LogP contribution in [0.1, 0.15) is 24.1 Å². The average Bonchev–Trinajstić information content (AvgIpc) is 3.19. The third-order valence-electron chi connectivity index (χ3n) is 6.30. The van der Waals surface area contributed by atoms with Crippen LogP contribution in [0.25, 0.3) is 10.9 Å². The van der Waals surface area contributed by atoms with Gasteiger partial charge in [0.2, 0.25) is 17.8 Å². The van der Waals surface area contributed by atoms with Crippen molar-refractivity contribution < 1.29 is 14.3 Å². The van der Waals surface area contributed by atoms with E-state index in [-0.39, 0.29) is 17.4 Å². The zero-order chi connectivity index (χ0) is 24.4. The van der Waals surface area contributed by atoms with Crippen molar-refractivity contribution in [2.24, 2.45) is 0 Å². The fourth-order valence-corrected chi connectivity index (χ4v) is 4.40. The number of aryl methyl sites for hydroxylation is 2. The van der Waals surface area contributed by atoms with Crippen LogP contribution < -0.4 is 15.8 Å². The lowest BCUT2D eigenvalue weighted by molar-refractivity contribution is -0.132. The van der Waals surface area contributed by atoms with Crippen molar-refractivity contribution in [2.75, 3.05) is 49.6 Å². The highest BCUT2D eigenvalue weighted by molar-refractivity contribution is 5.92. The van der Waals surface area contributed by atoms with Crippen molar-refractivity contribution in [3.8, 4) is 0 Å². The topological polar surface area (TPSA) is 151 Å². The first-order valence-electron chi connectivity index (χ1n) is 11.7. The molecule has 0 aliphatic carbocycles. The summed E-state index contributed by atoms with van der Waals surface area (Å²) in [5.74, 6) is 1.17. The van der Waals surface area contributed by atoms with Crippen LogP contribution >= 0.6 is 0 Å². The largest absolute Gasteiger partial charge is 0.379 e. The molecule has 0 saturated carbocycles. The van der Waals surface area contributed by atoms with Crippen LogP contribution in [0.4, 0.5) is 11.8 Å². The van der Waals surface area contributed by atoms with Crippen molar-refractivity contribution in [1.29, 1.82) is 0 Å². The molecule has 184 valence electrons. The molecule has 3 aromatic rings. The lowest BCUT2D eigenvalue weighted by Gasteiger charge is -2.35.